The summed E-state index contributed by atoms with van der Waals surface area (Å²) in [7, 11) is 1.42. The summed E-state index contributed by atoms with van der Waals surface area (Å²) in [4.78, 5) is 39.8. The van der Waals surface area contributed by atoms with Gasteiger partial charge in [-0.2, -0.15) is 0 Å². The Morgan fingerprint density at radius 2 is 2.09 bits per heavy atom. The molecule has 8 heteroatoms. The molecule has 23 heavy (non-hydrogen) atoms. The van der Waals surface area contributed by atoms with Crippen LogP contribution in [0.25, 0.3) is 0 Å². The van der Waals surface area contributed by atoms with Crippen molar-refractivity contribution in [2.75, 3.05) is 13.7 Å². The molecular weight excluding hydrogens is 302 g/mol. The summed E-state index contributed by atoms with van der Waals surface area (Å²) < 4.78 is 5.19. The van der Waals surface area contributed by atoms with Crippen molar-refractivity contribution >= 4 is 17.9 Å². The van der Waals surface area contributed by atoms with Crippen molar-refractivity contribution in [3.63, 3.8) is 0 Å². The molecule has 1 fully saturated rings. The zero-order valence-corrected chi connectivity index (χ0v) is 14.0. The van der Waals surface area contributed by atoms with E-state index in [1.54, 1.807) is 26.8 Å². The molecule has 1 rings (SSSR count). The second-order valence-electron chi connectivity index (χ2n) is 6.29. The van der Waals surface area contributed by atoms with Crippen LogP contribution in [-0.2, 0) is 19.2 Å². The van der Waals surface area contributed by atoms with Crippen molar-refractivity contribution in [3.05, 3.63) is 11.6 Å². The summed E-state index contributed by atoms with van der Waals surface area (Å²) in [5.41, 5.74) is 5.04. The van der Waals surface area contributed by atoms with Crippen LogP contribution in [0.15, 0.2) is 11.6 Å². The number of carbonyl (C=O) groups is 3. The van der Waals surface area contributed by atoms with Gasteiger partial charge in [0.1, 0.15) is 5.60 Å². The molecule has 0 spiro atoms. The van der Waals surface area contributed by atoms with Gasteiger partial charge in [-0.15, -0.1) is 0 Å². The summed E-state index contributed by atoms with van der Waals surface area (Å²) in [6, 6.07) is -0.520. The summed E-state index contributed by atoms with van der Waals surface area (Å²) >= 11 is 0. The standard InChI is InChI=1S/C15H25N3O5/c1-15(2,3)23-14(21)17-11(5-6-12(16)19)9-10-7-8-18(22-4)13(10)20/h9,11H,5-8H2,1-4H3,(H2,16,19)(H,17,21)/b10-9+/t11-/m0/s1. The zero-order valence-electron chi connectivity index (χ0n) is 14.0. The Morgan fingerprint density at radius 3 is 2.57 bits per heavy atom. The second kappa shape index (κ2) is 7.96. The molecule has 3 amide bonds. The average Bonchev–Trinajstić information content (AvgIpc) is 2.74. The van der Waals surface area contributed by atoms with Crippen molar-refractivity contribution in [2.24, 2.45) is 5.73 Å². The van der Waals surface area contributed by atoms with Crippen molar-refractivity contribution in [1.29, 1.82) is 0 Å². The number of primary amides is 1. The van der Waals surface area contributed by atoms with Crippen LogP contribution < -0.4 is 11.1 Å². The van der Waals surface area contributed by atoms with E-state index in [-0.39, 0.29) is 12.3 Å². The number of nitrogens with two attached hydrogens (primary N) is 1. The molecule has 3 N–H and O–H groups in total. The zero-order chi connectivity index (χ0) is 17.6. The van der Waals surface area contributed by atoms with Crippen LogP contribution in [0, 0.1) is 0 Å². The first-order valence-corrected chi connectivity index (χ1v) is 7.47. The van der Waals surface area contributed by atoms with E-state index in [2.05, 4.69) is 5.32 Å². The van der Waals surface area contributed by atoms with Crippen molar-refractivity contribution in [2.45, 2.75) is 51.7 Å². The fourth-order valence-corrected chi connectivity index (χ4v) is 2.12. The number of hydrogen-bond donors (Lipinski definition) is 2. The number of ether oxygens (including phenoxy) is 1. The van der Waals surface area contributed by atoms with E-state index in [4.69, 9.17) is 15.3 Å². The number of nitrogens with one attached hydrogen (secondary N) is 1. The lowest BCUT2D eigenvalue weighted by Crippen LogP contribution is -2.39. The molecule has 130 valence electrons. The monoisotopic (exact) mass is 327 g/mol. The highest BCUT2D eigenvalue weighted by Gasteiger charge is 2.27. The van der Waals surface area contributed by atoms with Crippen LogP contribution in [0.2, 0.25) is 0 Å². The quantitative estimate of drug-likeness (QED) is 0.703. The molecule has 0 unspecified atom stereocenters. The molecule has 0 aromatic carbocycles. The van der Waals surface area contributed by atoms with Crippen LogP contribution in [0.1, 0.15) is 40.0 Å². The Hall–Kier alpha value is -2.09. The predicted molar refractivity (Wildman–Crippen MR) is 83.0 cm³/mol. The lowest BCUT2D eigenvalue weighted by atomic mass is 10.1. The lowest BCUT2D eigenvalue weighted by molar-refractivity contribution is -0.164. The van der Waals surface area contributed by atoms with E-state index in [9.17, 15) is 14.4 Å². The van der Waals surface area contributed by atoms with Crippen LogP contribution in [0.5, 0.6) is 0 Å². The SMILES string of the molecule is CON1CC/C(=C\[C@H](CCC(N)=O)NC(=O)OC(C)(C)C)C1=O. The van der Waals surface area contributed by atoms with Crippen molar-refractivity contribution in [1.82, 2.24) is 10.4 Å². The molecule has 0 radical (unpaired) electrons. The number of nitrogens with zero attached hydrogens (tertiary/aromatic N) is 1. The number of hydroxylamine groups is 2. The Morgan fingerprint density at radius 1 is 1.43 bits per heavy atom. The number of rotatable bonds is 6. The van der Waals surface area contributed by atoms with Gasteiger partial charge in [-0.25, -0.2) is 9.86 Å². The summed E-state index contributed by atoms with van der Waals surface area (Å²) in [5, 5.41) is 3.89. The maximum Gasteiger partial charge on any atom is 0.408 e. The Kier molecular flexibility index (Phi) is 6.56. The number of hydrogen-bond acceptors (Lipinski definition) is 5. The first-order chi connectivity index (χ1) is 10.6. The van der Waals surface area contributed by atoms with Crippen LogP contribution in [0.3, 0.4) is 0 Å². The van der Waals surface area contributed by atoms with Gasteiger partial charge in [0, 0.05) is 12.0 Å². The van der Waals surface area contributed by atoms with Gasteiger partial charge in [-0.3, -0.25) is 14.4 Å². The van der Waals surface area contributed by atoms with Gasteiger partial charge in [-0.1, -0.05) is 6.08 Å². The van der Waals surface area contributed by atoms with Gasteiger partial charge in [0.15, 0.2) is 0 Å². The lowest BCUT2D eigenvalue weighted by Gasteiger charge is -2.22. The van der Waals surface area contributed by atoms with E-state index < -0.39 is 23.6 Å². The van der Waals surface area contributed by atoms with Gasteiger partial charge < -0.3 is 15.8 Å². The molecule has 0 bridgehead atoms. The topological polar surface area (TPSA) is 111 Å². The third kappa shape index (κ3) is 6.68. The van der Waals surface area contributed by atoms with Gasteiger partial charge in [0.05, 0.1) is 19.7 Å². The van der Waals surface area contributed by atoms with Gasteiger partial charge in [0.25, 0.3) is 5.91 Å². The van der Waals surface area contributed by atoms with Crippen molar-refractivity contribution in [3.8, 4) is 0 Å². The van der Waals surface area contributed by atoms with E-state index in [1.807, 2.05) is 0 Å². The highest BCUT2D eigenvalue weighted by atomic mass is 16.7. The molecule has 1 aliphatic rings. The average molecular weight is 327 g/mol. The van der Waals surface area contributed by atoms with Gasteiger partial charge >= 0.3 is 6.09 Å². The Bertz CT molecular complexity index is 496. The molecule has 0 aliphatic carbocycles. The Balaban J connectivity index is 2.78. The van der Waals surface area contributed by atoms with Gasteiger partial charge in [0.2, 0.25) is 5.91 Å². The van der Waals surface area contributed by atoms with Crippen LogP contribution >= 0.6 is 0 Å². The third-order valence-corrected chi connectivity index (χ3v) is 3.11. The Labute approximate surface area is 135 Å². The van der Waals surface area contributed by atoms with Crippen molar-refractivity contribution < 1.29 is 24.0 Å². The molecule has 1 heterocycles. The minimum Gasteiger partial charge on any atom is -0.444 e. The number of alkyl carbamates (subject to hydrolysis) is 1. The summed E-state index contributed by atoms with van der Waals surface area (Å²) in [5.74, 6) is -0.724. The molecular formula is C15H25N3O5. The fraction of sp³-hybridized carbons (Fsp3) is 0.667. The summed E-state index contributed by atoms with van der Waals surface area (Å²) in [6.45, 7) is 5.71. The number of carbonyl (C=O) groups excluding carboxylic acids is 3. The minimum absolute atomic E-state index is 0.0897. The first-order valence-electron chi connectivity index (χ1n) is 7.47. The fourth-order valence-electron chi connectivity index (χ4n) is 2.12. The molecule has 1 saturated heterocycles. The van der Waals surface area contributed by atoms with E-state index in [0.717, 1.165) is 0 Å². The largest absolute Gasteiger partial charge is 0.444 e. The smallest absolute Gasteiger partial charge is 0.408 e. The maximum absolute atomic E-state index is 12.0. The minimum atomic E-state index is -0.637. The second-order valence-corrected chi connectivity index (χ2v) is 6.29. The molecule has 0 saturated carbocycles. The first kappa shape index (κ1) is 19.0. The highest BCUT2D eigenvalue weighted by Crippen LogP contribution is 2.18. The molecule has 1 aliphatic heterocycles. The maximum atomic E-state index is 12.0. The number of amides is 3. The van der Waals surface area contributed by atoms with Gasteiger partial charge in [-0.05, 0) is 33.6 Å². The predicted octanol–water partition coefficient (Wildman–Crippen LogP) is 0.865. The van der Waals surface area contributed by atoms with Crippen LogP contribution in [0.4, 0.5) is 4.79 Å². The molecule has 1 atom stereocenters. The molecule has 8 nitrogen and oxygen atoms in total. The van der Waals surface area contributed by atoms with E-state index in [1.165, 1.54) is 12.2 Å². The van der Waals surface area contributed by atoms with E-state index in [0.29, 0.717) is 25.0 Å². The normalized spacial score (nSPS) is 18.2. The third-order valence-electron chi connectivity index (χ3n) is 3.11. The van der Waals surface area contributed by atoms with Crippen LogP contribution in [-0.4, -0.2) is 48.3 Å². The highest BCUT2D eigenvalue weighted by molar-refractivity contribution is 5.95. The van der Waals surface area contributed by atoms with E-state index >= 15 is 0 Å². The summed E-state index contributed by atoms with van der Waals surface area (Å²) in [6.07, 6.45) is 1.91. The molecule has 0 aromatic rings. The molecule has 0 aromatic heterocycles.